The zero-order chi connectivity index (χ0) is 9.00. The molecular formula is C7H5N5O. The molecule has 0 radical (unpaired) electrons. The highest BCUT2D eigenvalue weighted by molar-refractivity contribution is 5.72. The van der Waals surface area contributed by atoms with E-state index in [1.54, 1.807) is 4.40 Å². The molecule has 13 heavy (non-hydrogen) atoms. The summed E-state index contributed by atoms with van der Waals surface area (Å²) < 4.78 is 1.71. The highest BCUT2D eigenvalue weighted by Gasteiger charge is 2.09. The summed E-state index contributed by atoms with van der Waals surface area (Å²) in [6.07, 6.45) is 1.46. The van der Waals surface area contributed by atoms with Gasteiger partial charge in [-0.25, -0.2) is 9.38 Å². The SMILES string of the molecule is C=c1[nH]c2nc(=O)c3nc[nH]c3n12. The van der Waals surface area contributed by atoms with Gasteiger partial charge in [0.05, 0.1) is 6.33 Å². The van der Waals surface area contributed by atoms with Crippen molar-refractivity contribution in [1.29, 1.82) is 0 Å². The molecule has 0 unspecified atom stereocenters. The summed E-state index contributed by atoms with van der Waals surface area (Å²) in [5, 5.41) is 0. The van der Waals surface area contributed by atoms with Gasteiger partial charge in [-0.05, 0) is 0 Å². The van der Waals surface area contributed by atoms with Crippen LogP contribution in [0, 0.1) is 0 Å². The van der Waals surface area contributed by atoms with Gasteiger partial charge in [-0.15, -0.1) is 0 Å². The molecule has 3 heterocycles. The minimum atomic E-state index is -0.331. The standard InChI is InChI=1S/C7H5N5O/c1-3-10-7-11-6(13)4-5(12(3)7)9-2-8-4/h2H,1H2,(H,8,9)(H,10,11,13). The highest BCUT2D eigenvalue weighted by atomic mass is 16.1. The van der Waals surface area contributed by atoms with Gasteiger partial charge in [0.2, 0.25) is 5.78 Å². The number of imidazole rings is 1. The Morgan fingerprint density at radius 2 is 2.38 bits per heavy atom. The molecule has 0 aliphatic carbocycles. The molecule has 64 valence electrons. The third-order valence-electron chi connectivity index (χ3n) is 1.99. The Labute approximate surface area is 70.9 Å². The summed E-state index contributed by atoms with van der Waals surface area (Å²) in [6.45, 7) is 3.72. The van der Waals surface area contributed by atoms with Crippen LogP contribution >= 0.6 is 0 Å². The minimum absolute atomic E-state index is 0.331. The van der Waals surface area contributed by atoms with Crippen LogP contribution in [-0.4, -0.2) is 24.3 Å². The average Bonchev–Trinajstić information content (AvgIpc) is 2.51. The van der Waals surface area contributed by atoms with Crippen molar-refractivity contribution in [2.75, 3.05) is 0 Å². The van der Waals surface area contributed by atoms with E-state index < -0.39 is 0 Å². The van der Waals surface area contributed by atoms with E-state index in [0.29, 0.717) is 22.4 Å². The molecule has 0 aromatic carbocycles. The molecule has 0 fully saturated rings. The van der Waals surface area contributed by atoms with E-state index in [1.807, 2.05) is 0 Å². The number of aromatic nitrogens is 5. The number of aromatic amines is 2. The molecule has 0 saturated heterocycles. The summed E-state index contributed by atoms with van der Waals surface area (Å²) in [6, 6.07) is 0. The Kier molecular flexibility index (Phi) is 0.883. The Balaban J connectivity index is 2.80. The van der Waals surface area contributed by atoms with E-state index in [-0.39, 0.29) is 5.56 Å². The lowest BCUT2D eigenvalue weighted by Crippen LogP contribution is -2.29. The number of hydrogen-bond donors (Lipinski definition) is 2. The molecule has 0 aliphatic heterocycles. The Hall–Kier alpha value is -2.11. The second-order valence-corrected chi connectivity index (χ2v) is 2.75. The van der Waals surface area contributed by atoms with Gasteiger partial charge in [0.15, 0.2) is 11.2 Å². The lowest BCUT2D eigenvalue weighted by Gasteiger charge is -2.05. The topological polar surface area (TPSA) is 78.8 Å². The fourth-order valence-corrected chi connectivity index (χ4v) is 1.40. The van der Waals surface area contributed by atoms with E-state index in [9.17, 15) is 4.79 Å². The first-order valence-electron chi connectivity index (χ1n) is 3.70. The first-order chi connectivity index (χ1) is 6.27. The molecule has 0 atom stereocenters. The van der Waals surface area contributed by atoms with Crippen LogP contribution < -0.4 is 11.0 Å². The zero-order valence-corrected chi connectivity index (χ0v) is 6.53. The monoisotopic (exact) mass is 175 g/mol. The van der Waals surface area contributed by atoms with Crippen LogP contribution in [0.1, 0.15) is 0 Å². The van der Waals surface area contributed by atoms with E-state index in [2.05, 4.69) is 26.5 Å². The Morgan fingerprint density at radius 3 is 3.15 bits per heavy atom. The van der Waals surface area contributed by atoms with Crippen molar-refractivity contribution in [2.24, 2.45) is 0 Å². The summed E-state index contributed by atoms with van der Waals surface area (Å²) in [5.74, 6) is 0.506. The number of hydrogen-bond acceptors (Lipinski definition) is 3. The predicted molar refractivity (Wildman–Crippen MR) is 46.2 cm³/mol. The first kappa shape index (κ1) is 6.41. The van der Waals surface area contributed by atoms with Gasteiger partial charge in [0.25, 0.3) is 0 Å². The number of H-pyrrole nitrogens is 2. The van der Waals surface area contributed by atoms with Gasteiger partial charge in [-0.3, -0.25) is 4.79 Å². The number of nitrogens with zero attached hydrogens (tertiary/aromatic N) is 3. The predicted octanol–water partition coefficient (Wildman–Crippen LogP) is -0.972. The van der Waals surface area contributed by atoms with Crippen molar-refractivity contribution in [3.63, 3.8) is 0 Å². The van der Waals surface area contributed by atoms with Gasteiger partial charge in [-0.2, -0.15) is 4.98 Å². The first-order valence-corrected chi connectivity index (χ1v) is 3.70. The van der Waals surface area contributed by atoms with E-state index in [4.69, 9.17) is 0 Å². The van der Waals surface area contributed by atoms with E-state index in [0.717, 1.165) is 0 Å². The van der Waals surface area contributed by atoms with Crippen molar-refractivity contribution in [3.05, 3.63) is 22.2 Å². The lowest BCUT2D eigenvalue weighted by molar-refractivity contribution is 0.909. The molecular weight excluding hydrogens is 170 g/mol. The second kappa shape index (κ2) is 1.79. The maximum atomic E-state index is 11.3. The van der Waals surface area contributed by atoms with E-state index >= 15 is 0 Å². The quantitative estimate of drug-likeness (QED) is 0.461. The molecule has 0 saturated carbocycles. The molecule has 0 amide bonds. The average molecular weight is 175 g/mol. The minimum Gasteiger partial charge on any atom is -0.330 e. The lowest BCUT2D eigenvalue weighted by atomic mass is 10.5. The normalized spacial score (nSPS) is 11.7. The number of nitrogens with one attached hydrogen (secondary N) is 2. The maximum absolute atomic E-state index is 11.3. The number of rotatable bonds is 0. The highest BCUT2D eigenvalue weighted by Crippen LogP contribution is 2.02. The summed E-state index contributed by atoms with van der Waals surface area (Å²) in [5.41, 5.74) is 1.34. The Morgan fingerprint density at radius 1 is 1.54 bits per heavy atom. The van der Waals surface area contributed by atoms with Crippen molar-refractivity contribution in [3.8, 4) is 0 Å². The summed E-state index contributed by atoms with van der Waals surface area (Å²) in [7, 11) is 0. The second-order valence-electron chi connectivity index (χ2n) is 2.75. The summed E-state index contributed by atoms with van der Waals surface area (Å²) >= 11 is 0. The maximum Gasteiger partial charge on any atom is 0.302 e. The van der Waals surface area contributed by atoms with Gasteiger partial charge < -0.3 is 9.97 Å². The zero-order valence-electron chi connectivity index (χ0n) is 6.53. The van der Waals surface area contributed by atoms with Crippen LogP contribution in [0.3, 0.4) is 0 Å². The third-order valence-corrected chi connectivity index (χ3v) is 1.99. The molecule has 3 rings (SSSR count). The van der Waals surface area contributed by atoms with E-state index in [1.165, 1.54) is 6.33 Å². The third kappa shape index (κ3) is 0.605. The van der Waals surface area contributed by atoms with Crippen LogP contribution in [-0.2, 0) is 0 Å². The van der Waals surface area contributed by atoms with Crippen LogP contribution in [0.25, 0.3) is 23.5 Å². The molecule has 0 aliphatic rings. The van der Waals surface area contributed by atoms with Crippen LogP contribution in [0.5, 0.6) is 0 Å². The number of fused-ring (bicyclic) bond motifs is 3. The molecule has 3 aromatic heterocycles. The van der Waals surface area contributed by atoms with Gasteiger partial charge in [0, 0.05) is 0 Å². The molecule has 6 nitrogen and oxygen atoms in total. The molecule has 0 bridgehead atoms. The smallest absolute Gasteiger partial charge is 0.302 e. The molecule has 3 aromatic rings. The van der Waals surface area contributed by atoms with Crippen molar-refractivity contribution >= 4 is 23.5 Å². The molecule has 6 heteroatoms. The van der Waals surface area contributed by atoms with Crippen molar-refractivity contribution in [1.82, 2.24) is 24.3 Å². The summed E-state index contributed by atoms with van der Waals surface area (Å²) in [4.78, 5) is 24.6. The largest absolute Gasteiger partial charge is 0.330 e. The van der Waals surface area contributed by atoms with Crippen LogP contribution in [0.4, 0.5) is 0 Å². The van der Waals surface area contributed by atoms with Crippen LogP contribution in [0.15, 0.2) is 11.1 Å². The van der Waals surface area contributed by atoms with Crippen molar-refractivity contribution < 1.29 is 0 Å². The van der Waals surface area contributed by atoms with Gasteiger partial charge >= 0.3 is 5.56 Å². The fraction of sp³-hybridized carbons (Fsp3) is 0. The molecule has 0 spiro atoms. The molecule has 2 N–H and O–H groups in total. The van der Waals surface area contributed by atoms with Crippen LogP contribution in [0.2, 0.25) is 0 Å². The van der Waals surface area contributed by atoms with Crippen molar-refractivity contribution in [2.45, 2.75) is 0 Å². The van der Waals surface area contributed by atoms with Gasteiger partial charge in [-0.1, -0.05) is 6.58 Å². The Bertz CT molecular complexity index is 687. The van der Waals surface area contributed by atoms with Gasteiger partial charge in [0.1, 0.15) is 5.48 Å². The fourth-order valence-electron chi connectivity index (χ4n) is 1.40.